The van der Waals surface area contributed by atoms with E-state index in [-0.39, 0.29) is 0 Å². The lowest BCUT2D eigenvalue weighted by molar-refractivity contribution is 0.341. The summed E-state index contributed by atoms with van der Waals surface area (Å²) in [5.74, 6) is 1.73. The first-order valence-electron chi connectivity index (χ1n) is 6.81. The Morgan fingerprint density at radius 2 is 1.75 bits per heavy atom. The lowest BCUT2D eigenvalue weighted by atomic mass is 10.1. The van der Waals surface area contributed by atoms with E-state index in [4.69, 9.17) is 10.5 Å². The van der Waals surface area contributed by atoms with Crippen LogP contribution in [0.4, 0.5) is 5.69 Å². The lowest BCUT2D eigenvalue weighted by Gasteiger charge is -2.09. The van der Waals surface area contributed by atoms with E-state index < -0.39 is 0 Å². The van der Waals surface area contributed by atoms with Gasteiger partial charge in [0.25, 0.3) is 0 Å². The second-order valence-corrected chi connectivity index (χ2v) is 5.97. The molecule has 0 saturated carbocycles. The van der Waals surface area contributed by atoms with Crippen molar-refractivity contribution in [2.75, 3.05) is 12.3 Å². The number of benzene rings is 2. The van der Waals surface area contributed by atoms with Crippen LogP contribution in [0.1, 0.15) is 23.6 Å². The lowest BCUT2D eigenvalue weighted by Crippen LogP contribution is -1.96. The minimum atomic E-state index is 0.634. The predicted octanol–water partition coefficient (Wildman–Crippen LogP) is 4.58. The van der Waals surface area contributed by atoms with E-state index in [1.807, 2.05) is 25.1 Å². The van der Waals surface area contributed by atoms with Gasteiger partial charge in [0.1, 0.15) is 5.75 Å². The SMILES string of the molecule is CCOc1cc(SCc2cc(C)cc(C)c2)ccc1N. The minimum Gasteiger partial charge on any atom is -0.492 e. The first-order chi connectivity index (χ1) is 9.58. The van der Waals surface area contributed by atoms with Crippen LogP contribution >= 0.6 is 11.8 Å². The van der Waals surface area contributed by atoms with Crippen LogP contribution < -0.4 is 10.5 Å². The minimum absolute atomic E-state index is 0.634. The number of hydrogen-bond donors (Lipinski definition) is 1. The number of nitrogens with two attached hydrogens (primary N) is 1. The second kappa shape index (κ2) is 6.71. The van der Waals surface area contributed by atoms with E-state index in [0.717, 1.165) is 11.5 Å². The molecule has 0 aliphatic rings. The summed E-state index contributed by atoms with van der Waals surface area (Å²) in [5, 5.41) is 0. The normalized spacial score (nSPS) is 10.6. The van der Waals surface area contributed by atoms with Gasteiger partial charge >= 0.3 is 0 Å². The third-order valence-corrected chi connectivity index (χ3v) is 4.04. The van der Waals surface area contributed by atoms with Crippen molar-refractivity contribution in [2.24, 2.45) is 0 Å². The Kier molecular flexibility index (Phi) is 4.96. The van der Waals surface area contributed by atoms with Crippen LogP contribution in [0, 0.1) is 13.8 Å². The third kappa shape index (κ3) is 3.94. The van der Waals surface area contributed by atoms with Gasteiger partial charge in [-0.2, -0.15) is 0 Å². The molecule has 0 heterocycles. The summed E-state index contributed by atoms with van der Waals surface area (Å²) < 4.78 is 5.53. The number of anilines is 1. The Morgan fingerprint density at radius 3 is 2.40 bits per heavy atom. The molecule has 0 atom stereocenters. The van der Waals surface area contributed by atoms with Gasteiger partial charge < -0.3 is 10.5 Å². The second-order valence-electron chi connectivity index (χ2n) is 4.92. The van der Waals surface area contributed by atoms with Gasteiger partial charge in [-0.3, -0.25) is 0 Å². The van der Waals surface area contributed by atoms with E-state index >= 15 is 0 Å². The van der Waals surface area contributed by atoms with Crippen molar-refractivity contribution < 1.29 is 4.74 Å². The number of thioether (sulfide) groups is 1. The highest BCUT2D eigenvalue weighted by molar-refractivity contribution is 7.98. The molecule has 20 heavy (non-hydrogen) atoms. The largest absolute Gasteiger partial charge is 0.492 e. The van der Waals surface area contributed by atoms with Crippen molar-refractivity contribution in [3.63, 3.8) is 0 Å². The summed E-state index contributed by atoms with van der Waals surface area (Å²) in [6.45, 7) is 6.87. The topological polar surface area (TPSA) is 35.2 Å². The van der Waals surface area contributed by atoms with Gasteiger partial charge in [-0.1, -0.05) is 29.3 Å². The first kappa shape index (κ1) is 14.8. The van der Waals surface area contributed by atoms with Gasteiger partial charge in [0.05, 0.1) is 12.3 Å². The highest BCUT2D eigenvalue weighted by Crippen LogP contribution is 2.30. The van der Waals surface area contributed by atoms with Crippen LogP contribution in [-0.2, 0) is 5.75 Å². The van der Waals surface area contributed by atoms with Gasteiger partial charge in [0.2, 0.25) is 0 Å². The van der Waals surface area contributed by atoms with Crippen LogP contribution in [-0.4, -0.2) is 6.61 Å². The first-order valence-corrected chi connectivity index (χ1v) is 7.79. The summed E-state index contributed by atoms with van der Waals surface area (Å²) in [7, 11) is 0. The summed E-state index contributed by atoms with van der Waals surface area (Å²) >= 11 is 1.80. The van der Waals surface area contributed by atoms with Gasteiger partial charge in [0.15, 0.2) is 0 Å². The van der Waals surface area contributed by atoms with Crippen molar-refractivity contribution in [3.8, 4) is 5.75 Å². The molecular weight excluding hydrogens is 266 g/mol. The summed E-state index contributed by atoms with van der Waals surface area (Å²) in [6.07, 6.45) is 0. The van der Waals surface area contributed by atoms with Crippen LogP contribution in [0.15, 0.2) is 41.3 Å². The molecule has 0 aromatic heterocycles. The Labute approximate surface area is 125 Å². The maximum atomic E-state index is 5.89. The van der Waals surface area contributed by atoms with E-state index in [9.17, 15) is 0 Å². The average molecular weight is 287 g/mol. The molecule has 0 aliphatic heterocycles. The molecule has 0 unspecified atom stereocenters. The van der Waals surface area contributed by atoms with Crippen LogP contribution in [0.25, 0.3) is 0 Å². The van der Waals surface area contributed by atoms with Crippen molar-refractivity contribution in [2.45, 2.75) is 31.4 Å². The molecule has 0 spiro atoms. The van der Waals surface area contributed by atoms with Crippen molar-refractivity contribution in [3.05, 3.63) is 53.1 Å². The summed E-state index contributed by atoms with van der Waals surface area (Å²) in [4.78, 5) is 1.18. The Morgan fingerprint density at radius 1 is 1.05 bits per heavy atom. The third-order valence-electron chi connectivity index (χ3n) is 2.97. The molecule has 0 fully saturated rings. The van der Waals surface area contributed by atoms with Crippen molar-refractivity contribution >= 4 is 17.4 Å². The molecule has 0 radical (unpaired) electrons. The van der Waals surface area contributed by atoms with Gasteiger partial charge in [-0.15, -0.1) is 11.8 Å². The molecule has 0 amide bonds. The van der Waals surface area contributed by atoms with E-state index in [0.29, 0.717) is 12.3 Å². The summed E-state index contributed by atoms with van der Waals surface area (Å²) in [6, 6.07) is 12.7. The Hall–Kier alpha value is -1.61. The molecule has 2 N–H and O–H groups in total. The quantitative estimate of drug-likeness (QED) is 0.646. The molecule has 3 heteroatoms. The predicted molar refractivity (Wildman–Crippen MR) is 87.5 cm³/mol. The molecule has 2 aromatic carbocycles. The van der Waals surface area contributed by atoms with E-state index in [1.165, 1.54) is 21.6 Å². The Bertz CT molecular complexity index is 575. The number of aryl methyl sites for hydroxylation is 2. The fourth-order valence-electron chi connectivity index (χ4n) is 2.20. The average Bonchev–Trinajstić information content (AvgIpc) is 2.39. The van der Waals surface area contributed by atoms with E-state index in [1.54, 1.807) is 11.8 Å². The van der Waals surface area contributed by atoms with Crippen molar-refractivity contribution in [1.29, 1.82) is 0 Å². The van der Waals surface area contributed by atoms with Gasteiger partial charge in [-0.25, -0.2) is 0 Å². The summed E-state index contributed by atoms with van der Waals surface area (Å²) in [5.41, 5.74) is 10.6. The highest BCUT2D eigenvalue weighted by atomic mass is 32.2. The molecule has 2 aromatic rings. The number of ether oxygens (including phenoxy) is 1. The molecule has 2 nitrogen and oxygen atoms in total. The molecule has 0 saturated heterocycles. The molecule has 106 valence electrons. The van der Waals surface area contributed by atoms with Gasteiger partial charge in [0, 0.05) is 10.6 Å². The van der Waals surface area contributed by atoms with Crippen molar-refractivity contribution in [1.82, 2.24) is 0 Å². The van der Waals surface area contributed by atoms with Gasteiger partial charge in [-0.05, 0) is 44.5 Å². The number of nitrogen functional groups attached to an aromatic ring is 1. The molecule has 0 aliphatic carbocycles. The monoisotopic (exact) mass is 287 g/mol. The van der Waals surface area contributed by atoms with Crippen LogP contribution in [0.3, 0.4) is 0 Å². The number of rotatable bonds is 5. The fourth-order valence-corrected chi connectivity index (χ4v) is 3.06. The zero-order valence-electron chi connectivity index (χ0n) is 12.3. The molecule has 0 bridgehead atoms. The smallest absolute Gasteiger partial charge is 0.143 e. The maximum Gasteiger partial charge on any atom is 0.143 e. The highest BCUT2D eigenvalue weighted by Gasteiger charge is 2.03. The molecular formula is C17H21NOS. The Balaban J connectivity index is 2.08. The molecule has 2 rings (SSSR count). The zero-order chi connectivity index (χ0) is 14.5. The maximum absolute atomic E-state index is 5.89. The van der Waals surface area contributed by atoms with Crippen LogP contribution in [0.2, 0.25) is 0 Å². The van der Waals surface area contributed by atoms with Crippen LogP contribution in [0.5, 0.6) is 5.75 Å². The standard InChI is InChI=1S/C17H21NOS/c1-4-19-17-10-15(5-6-16(17)18)20-11-14-8-12(2)7-13(3)9-14/h5-10H,4,11,18H2,1-3H3. The van der Waals surface area contributed by atoms with E-state index in [2.05, 4.69) is 32.0 Å². The number of hydrogen-bond acceptors (Lipinski definition) is 3. The zero-order valence-corrected chi connectivity index (χ0v) is 13.1. The fraction of sp³-hybridized carbons (Fsp3) is 0.294.